The van der Waals surface area contributed by atoms with Gasteiger partial charge in [0.2, 0.25) is 20.9 Å². The van der Waals surface area contributed by atoms with Crippen LogP contribution in [0.4, 0.5) is 5.95 Å². The van der Waals surface area contributed by atoms with Crippen LogP contribution in [0.2, 0.25) is 0 Å². The molecule has 0 saturated heterocycles. The second-order valence-electron chi connectivity index (χ2n) is 18.0. The SMILES string of the molecule is CCCS(=O)(=O)c1nccc(-n2ncc3c(OCCS(C)(=O)=O)cccc32)n1.CCOC(=O)C1CCC(N)CC1.CCOC(=O)C1CCC(Nc2nccc(-n3ncc4c(OCCS(C)(=O)=O)cccc43)n2)CC1. The second kappa shape index (κ2) is 26.3. The van der Waals surface area contributed by atoms with Crippen molar-refractivity contribution in [3.05, 3.63) is 73.3 Å². The van der Waals surface area contributed by atoms with Crippen LogP contribution in [-0.4, -0.2) is 145 Å². The van der Waals surface area contributed by atoms with Crippen molar-refractivity contribution in [1.29, 1.82) is 0 Å². The largest absolute Gasteiger partial charge is 0.492 e. The smallest absolute Gasteiger partial charge is 0.308 e. The Morgan fingerprint density at radius 3 is 1.58 bits per heavy atom. The topological polar surface area (TPSA) is 299 Å². The molecule has 4 heterocycles. The summed E-state index contributed by atoms with van der Waals surface area (Å²) in [7, 11) is -9.79. The van der Waals surface area contributed by atoms with Crippen LogP contribution >= 0.6 is 0 Å². The van der Waals surface area contributed by atoms with Crippen molar-refractivity contribution in [2.75, 3.05) is 61.5 Å². The van der Waals surface area contributed by atoms with Gasteiger partial charge in [0, 0.05) is 49.1 Å². The molecule has 0 aliphatic heterocycles. The van der Waals surface area contributed by atoms with Gasteiger partial charge in [-0.05, 0) is 95.9 Å². The third kappa shape index (κ3) is 16.3. The van der Waals surface area contributed by atoms with Crippen LogP contribution in [-0.2, 0) is 48.6 Å². The molecular weight excluding hydrogens is 1020 g/mol. The first-order chi connectivity index (χ1) is 35.3. The van der Waals surface area contributed by atoms with E-state index in [9.17, 15) is 34.8 Å². The number of esters is 2. The summed E-state index contributed by atoms with van der Waals surface area (Å²) in [6.07, 6.45) is 16.1. The average Bonchev–Trinajstić information content (AvgIpc) is 4.01. The molecule has 402 valence electrons. The number of sulfone groups is 3. The number of nitrogens with two attached hydrogens (primary N) is 1. The zero-order valence-corrected chi connectivity index (χ0v) is 44.8. The minimum absolute atomic E-state index is 0.0239. The van der Waals surface area contributed by atoms with Gasteiger partial charge in [0.1, 0.15) is 24.7 Å². The number of anilines is 1. The monoisotopic (exact) mass is 1080 g/mol. The van der Waals surface area contributed by atoms with E-state index in [1.54, 1.807) is 66.6 Å². The van der Waals surface area contributed by atoms with E-state index in [0.717, 1.165) is 68.5 Å². The number of fused-ring (bicyclic) bond motifs is 2. The van der Waals surface area contributed by atoms with E-state index < -0.39 is 29.5 Å². The van der Waals surface area contributed by atoms with Crippen molar-refractivity contribution < 1.29 is 53.8 Å². The van der Waals surface area contributed by atoms with E-state index in [4.69, 9.17) is 24.7 Å². The third-order valence-electron chi connectivity index (χ3n) is 12.1. The van der Waals surface area contributed by atoms with Gasteiger partial charge >= 0.3 is 11.9 Å². The number of nitrogens with one attached hydrogen (secondary N) is 1. The van der Waals surface area contributed by atoms with Crippen LogP contribution in [0.1, 0.15) is 78.6 Å². The molecule has 2 aromatic carbocycles. The normalized spacial score (nSPS) is 18.0. The molecule has 4 aromatic heterocycles. The molecule has 2 fully saturated rings. The van der Waals surface area contributed by atoms with Crippen molar-refractivity contribution in [2.24, 2.45) is 17.6 Å². The minimum atomic E-state index is -3.56. The predicted molar refractivity (Wildman–Crippen MR) is 279 cm³/mol. The van der Waals surface area contributed by atoms with Crippen molar-refractivity contribution in [2.45, 2.75) is 95.8 Å². The molecule has 0 bridgehead atoms. The first kappa shape index (κ1) is 57.0. The Bertz CT molecular complexity index is 3170. The third-order valence-corrected chi connectivity index (χ3v) is 15.6. The van der Waals surface area contributed by atoms with Crippen molar-refractivity contribution in [3.8, 4) is 23.1 Å². The molecule has 0 amide bonds. The molecule has 2 aliphatic carbocycles. The molecule has 2 aliphatic rings. The summed E-state index contributed by atoms with van der Waals surface area (Å²) >= 11 is 0. The van der Waals surface area contributed by atoms with Gasteiger partial charge in [-0.15, -0.1) is 0 Å². The molecule has 74 heavy (non-hydrogen) atoms. The first-order valence-corrected chi connectivity index (χ1v) is 30.4. The van der Waals surface area contributed by atoms with E-state index >= 15 is 0 Å². The van der Waals surface area contributed by atoms with E-state index in [-0.39, 0.29) is 65.4 Å². The molecular formula is C49H66N10O12S3. The summed E-state index contributed by atoms with van der Waals surface area (Å²) in [5.41, 5.74) is 7.15. The predicted octanol–water partition coefficient (Wildman–Crippen LogP) is 5.26. The van der Waals surface area contributed by atoms with Crippen LogP contribution < -0.4 is 20.5 Å². The number of hydrogen-bond donors (Lipinski definition) is 2. The van der Waals surface area contributed by atoms with Gasteiger partial charge in [0.15, 0.2) is 31.3 Å². The summed E-state index contributed by atoms with van der Waals surface area (Å²) in [6.45, 7) is 6.43. The van der Waals surface area contributed by atoms with Crippen LogP contribution in [0.15, 0.2) is 78.5 Å². The number of nitrogens with zero attached hydrogens (tertiary/aromatic N) is 8. The number of hydrogen-bond acceptors (Lipinski definition) is 20. The fourth-order valence-electron chi connectivity index (χ4n) is 8.30. The van der Waals surface area contributed by atoms with Crippen molar-refractivity contribution >= 4 is 69.2 Å². The first-order valence-electron chi connectivity index (χ1n) is 24.6. The zero-order valence-electron chi connectivity index (χ0n) is 42.3. The van der Waals surface area contributed by atoms with Gasteiger partial charge in [0.25, 0.3) is 0 Å². The van der Waals surface area contributed by atoms with E-state index in [2.05, 4.69) is 35.5 Å². The Balaban J connectivity index is 0.000000200. The Morgan fingerprint density at radius 1 is 0.635 bits per heavy atom. The molecule has 0 spiro atoms. The number of ether oxygens (including phenoxy) is 4. The fraction of sp³-hybridized carbons (Fsp3) is 0.510. The minimum Gasteiger partial charge on any atom is -0.492 e. The second-order valence-corrected chi connectivity index (χ2v) is 24.5. The van der Waals surface area contributed by atoms with Gasteiger partial charge in [0.05, 0.1) is 76.5 Å². The maximum atomic E-state index is 12.2. The highest BCUT2D eigenvalue weighted by molar-refractivity contribution is 7.91. The maximum absolute atomic E-state index is 12.2. The van der Waals surface area contributed by atoms with Crippen molar-refractivity contribution in [1.82, 2.24) is 39.5 Å². The van der Waals surface area contributed by atoms with Crippen LogP contribution in [0.5, 0.6) is 11.5 Å². The highest BCUT2D eigenvalue weighted by atomic mass is 32.2. The molecule has 2 saturated carbocycles. The Labute approximate surface area is 431 Å². The van der Waals surface area contributed by atoms with Gasteiger partial charge in [-0.3, -0.25) is 9.59 Å². The Kier molecular flexibility index (Phi) is 20.2. The van der Waals surface area contributed by atoms with Crippen LogP contribution in [0.25, 0.3) is 33.4 Å². The van der Waals surface area contributed by atoms with E-state index in [0.29, 0.717) is 65.7 Å². The number of carbonyl (C=O) groups excluding carboxylic acids is 2. The molecule has 3 N–H and O–H groups in total. The lowest BCUT2D eigenvalue weighted by atomic mass is 9.86. The van der Waals surface area contributed by atoms with Gasteiger partial charge in [-0.25, -0.2) is 44.6 Å². The van der Waals surface area contributed by atoms with Gasteiger partial charge in [-0.2, -0.15) is 20.2 Å². The van der Waals surface area contributed by atoms with Crippen LogP contribution in [0.3, 0.4) is 0 Å². The lowest BCUT2D eigenvalue weighted by Crippen LogP contribution is -2.30. The molecule has 0 unspecified atom stereocenters. The number of carbonyl (C=O) groups is 2. The molecule has 6 aromatic rings. The standard InChI is InChI=1S/C23H29N5O5S.C17H20N4O5S2.C9H17NO2/c1-3-32-22(29)16-7-9-17(10-8-16)26-23-24-12-11-21(27-23)28-19-5-4-6-20(18(19)15-25-28)33-13-14-34(2,30)31;1-3-10-28(24,25)17-18-8-7-16(20-17)21-14-5-4-6-15(13(14)12-19-21)26-9-11-27(2,22)23;1-2-12-9(11)7-3-5-8(10)6-4-7/h4-6,11-12,15-17H,3,7-10,13-14H2,1-2H3,(H,24,26,27);4-8,12H,3,9-11H2,1-2H3;7-8H,2-6,10H2,1H3. The fourth-order valence-corrected chi connectivity index (χ4v) is 10.2. The zero-order chi connectivity index (χ0) is 53.5. The summed E-state index contributed by atoms with van der Waals surface area (Å²) in [4.78, 5) is 40.2. The van der Waals surface area contributed by atoms with Crippen molar-refractivity contribution in [3.63, 3.8) is 0 Å². The highest BCUT2D eigenvalue weighted by Gasteiger charge is 2.28. The molecule has 0 radical (unpaired) electrons. The molecule has 0 atom stereocenters. The number of aromatic nitrogens is 8. The van der Waals surface area contributed by atoms with Gasteiger partial charge < -0.3 is 30.0 Å². The lowest BCUT2D eigenvalue weighted by Gasteiger charge is -2.27. The quantitative estimate of drug-likeness (QED) is 0.0772. The molecule has 8 rings (SSSR count). The van der Waals surface area contributed by atoms with E-state index in [1.807, 2.05) is 26.0 Å². The van der Waals surface area contributed by atoms with Gasteiger partial charge in [-0.1, -0.05) is 19.1 Å². The number of benzene rings is 2. The van der Waals surface area contributed by atoms with Crippen LogP contribution in [0, 0.1) is 11.8 Å². The Morgan fingerprint density at radius 2 is 1.11 bits per heavy atom. The molecule has 22 nitrogen and oxygen atoms in total. The maximum Gasteiger partial charge on any atom is 0.308 e. The number of rotatable bonds is 19. The summed E-state index contributed by atoms with van der Waals surface area (Å²) in [5, 5.41) is 13.3. The lowest BCUT2D eigenvalue weighted by molar-refractivity contribution is -0.150. The van der Waals surface area contributed by atoms with E-state index in [1.165, 1.54) is 17.1 Å². The highest BCUT2D eigenvalue weighted by Crippen LogP contribution is 2.30. The average molecular weight is 1080 g/mol. The Hall–Kier alpha value is -6.31. The summed E-state index contributed by atoms with van der Waals surface area (Å²) < 4.78 is 94.4. The summed E-state index contributed by atoms with van der Waals surface area (Å²) in [6, 6.07) is 14.6. The summed E-state index contributed by atoms with van der Waals surface area (Å²) in [5.74, 6) is 2.22. The molecule has 25 heteroatoms.